The van der Waals surface area contributed by atoms with Crippen molar-refractivity contribution in [2.45, 2.75) is 57.3 Å². The summed E-state index contributed by atoms with van der Waals surface area (Å²) in [4.78, 5) is 32.2. The quantitative estimate of drug-likeness (QED) is 0.339. The molecule has 4 rings (SSSR count). The zero-order valence-corrected chi connectivity index (χ0v) is 22.8. The maximum absolute atomic E-state index is 12.8. The van der Waals surface area contributed by atoms with Crippen LogP contribution in [0, 0.1) is 6.92 Å². The van der Waals surface area contributed by atoms with Crippen LogP contribution < -0.4 is 27.5 Å². The van der Waals surface area contributed by atoms with Crippen molar-refractivity contribution in [3.05, 3.63) is 93.3 Å². The zero-order valence-electron chi connectivity index (χ0n) is 21.8. The van der Waals surface area contributed by atoms with Crippen molar-refractivity contribution in [2.75, 3.05) is 13.7 Å². The standard InChI is InChI=1S/C27H35N3O6Si/c1-18-16-30(26(32)29-24(18)31)25-23(33-5)22(21(35-25)17-34-28)36-37(27(2,3)4,19-12-8-6-9-13-19)20-14-10-7-11-15-20/h6-16,21-23,25H,17,28H2,1-5H3,(H,29,31,32)/t21-,22-,23-,25-/m1/s1. The summed E-state index contributed by atoms with van der Waals surface area (Å²) in [5, 5.41) is 1.89. The number of nitrogens with zero attached hydrogens (tertiary/aromatic N) is 1. The normalized spacial score (nSPS) is 22.3. The maximum atomic E-state index is 12.8. The van der Waals surface area contributed by atoms with Crippen molar-refractivity contribution in [2.24, 2.45) is 5.90 Å². The van der Waals surface area contributed by atoms with Gasteiger partial charge in [-0.1, -0.05) is 81.4 Å². The van der Waals surface area contributed by atoms with Gasteiger partial charge in [0.05, 0.1) is 6.61 Å². The van der Waals surface area contributed by atoms with Gasteiger partial charge < -0.3 is 18.7 Å². The molecule has 37 heavy (non-hydrogen) atoms. The van der Waals surface area contributed by atoms with E-state index in [9.17, 15) is 9.59 Å². The molecule has 10 heteroatoms. The topological polar surface area (TPSA) is 118 Å². The molecule has 3 N–H and O–H groups in total. The van der Waals surface area contributed by atoms with Crippen LogP contribution in [0.5, 0.6) is 0 Å². The monoisotopic (exact) mass is 525 g/mol. The van der Waals surface area contributed by atoms with E-state index in [1.165, 1.54) is 10.8 Å². The van der Waals surface area contributed by atoms with E-state index in [0.29, 0.717) is 5.56 Å². The third-order valence-electron chi connectivity index (χ3n) is 6.97. The molecule has 2 heterocycles. The Kier molecular flexibility index (Phi) is 7.98. The van der Waals surface area contributed by atoms with Crippen molar-refractivity contribution in [1.82, 2.24) is 9.55 Å². The molecule has 9 nitrogen and oxygen atoms in total. The van der Waals surface area contributed by atoms with Gasteiger partial charge in [-0.25, -0.2) is 10.7 Å². The Morgan fingerprint density at radius 3 is 2.05 bits per heavy atom. The number of nitrogens with one attached hydrogen (secondary N) is 1. The Morgan fingerprint density at radius 2 is 1.57 bits per heavy atom. The lowest BCUT2D eigenvalue weighted by Gasteiger charge is -2.45. The molecule has 0 saturated carbocycles. The maximum Gasteiger partial charge on any atom is 0.330 e. The SMILES string of the molecule is CO[C@@H]1[C@H](O[Si](c2ccccc2)(c2ccccc2)C(C)(C)C)[C@@H](CON)O[C@H]1n1cc(C)c(=O)[nH]c1=O. The summed E-state index contributed by atoms with van der Waals surface area (Å²) in [6.07, 6.45) is -1.35. The third-order valence-corrected chi connectivity index (χ3v) is 12.0. The number of hydrogen-bond acceptors (Lipinski definition) is 7. The van der Waals surface area contributed by atoms with E-state index in [4.69, 9.17) is 24.6 Å². The molecule has 0 bridgehead atoms. The zero-order chi connectivity index (χ0) is 26.8. The number of nitrogens with two attached hydrogens (primary N) is 1. The number of benzene rings is 2. The van der Waals surface area contributed by atoms with E-state index in [0.717, 1.165) is 10.4 Å². The summed E-state index contributed by atoms with van der Waals surface area (Å²) in [5.41, 5.74) is -0.669. The summed E-state index contributed by atoms with van der Waals surface area (Å²) in [7, 11) is -1.46. The number of methoxy groups -OCH3 is 1. The van der Waals surface area contributed by atoms with Crippen molar-refractivity contribution in [3.63, 3.8) is 0 Å². The molecule has 0 aliphatic carbocycles. The Bertz CT molecular complexity index is 1270. The minimum Gasteiger partial charge on any atom is -0.399 e. The molecule has 1 aromatic heterocycles. The molecule has 1 aliphatic heterocycles. The van der Waals surface area contributed by atoms with Crippen LogP contribution in [0.25, 0.3) is 0 Å². The number of H-pyrrole nitrogens is 1. The van der Waals surface area contributed by atoms with Gasteiger partial charge in [0, 0.05) is 18.9 Å². The first-order chi connectivity index (χ1) is 17.6. The molecule has 0 amide bonds. The highest BCUT2D eigenvalue weighted by atomic mass is 28.4. The lowest BCUT2D eigenvalue weighted by atomic mass is 10.1. The van der Waals surface area contributed by atoms with Gasteiger partial charge >= 0.3 is 5.69 Å². The second-order valence-electron chi connectivity index (χ2n) is 10.3. The van der Waals surface area contributed by atoms with Crippen LogP contribution in [0.1, 0.15) is 32.6 Å². The van der Waals surface area contributed by atoms with Gasteiger partial charge in [-0.05, 0) is 22.3 Å². The van der Waals surface area contributed by atoms with Crippen molar-refractivity contribution in [3.8, 4) is 0 Å². The smallest absolute Gasteiger partial charge is 0.330 e. The molecule has 198 valence electrons. The lowest BCUT2D eigenvalue weighted by Crippen LogP contribution is -2.69. The average molecular weight is 526 g/mol. The molecule has 3 aromatic rings. The fourth-order valence-corrected chi connectivity index (χ4v) is 9.93. The summed E-state index contributed by atoms with van der Waals surface area (Å²) in [6.45, 7) is 8.19. The van der Waals surface area contributed by atoms with E-state index in [1.54, 1.807) is 14.0 Å². The lowest BCUT2D eigenvalue weighted by molar-refractivity contribution is -0.0724. The summed E-state index contributed by atoms with van der Waals surface area (Å²) >= 11 is 0. The van der Waals surface area contributed by atoms with Gasteiger partial charge in [-0.2, -0.15) is 0 Å². The number of aromatic nitrogens is 2. The van der Waals surface area contributed by atoms with Crippen molar-refractivity contribution < 1.29 is 18.7 Å². The molecule has 0 radical (unpaired) electrons. The van der Waals surface area contributed by atoms with Crippen molar-refractivity contribution in [1.29, 1.82) is 0 Å². The minimum absolute atomic E-state index is 0.0241. The Labute approximate surface area is 217 Å². The first kappa shape index (κ1) is 27.2. The number of aryl methyl sites for hydroxylation is 1. The number of ether oxygens (including phenoxy) is 2. The summed E-state index contributed by atoms with van der Waals surface area (Å²) < 4.78 is 20.9. The fraction of sp³-hybridized carbons (Fsp3) is 0.407. The van der Waals surface area contributed by atoms with E-state index in [1.807, 2.05) is 36.4 Å². The second-order valence-corrected chi connectivity index (χ2v) is 14.6. The van der Waals surface area contributed by atoms with Crippen LogP contribution in [0.15, 0.2) is 76.4 Å². The molecule has 2 aromatic carbocycles. The average Bonchev–Trinajstić information content (AvgIpc) is 3.21. The minimum atomic E-state index is -3.01. The first-order valence-electron chi connectivity index (χ1n) is 12.2. The second kappa shape index (κ2) is 10.9. The van der Waals surface area contributed by atoms with Gasteiger partial charge in [-0.15, -0.1) is 0 Å². The Hall–Kier alpha value is -2.86. The van der Waals surface area contributed by atoms with Crippen molar-refractivity contribution >= 4 is 18.7 Å². The van der Waals surface area contributed by atoms with Crippen LogP contribution in [-0.2, 0) is 18.7 Å². The van der Waals surface area contributed by atoms with E-state index in [-0.39, 0.29) is 11.6 Å². The highest BCUT2D eigenvalue weighted by Crippen LogP contribution is 2.41. The van der Waals surface area contributed by atoms with E-state index >= 15 is 0 Å². The molecular weight excluding hydrogens is 490 g/mol. The van der Waals surface area contributed by atoms with E-state index < -0.39 is 44.1 Å². The van der Waals surface area contributed by atoms with E-state index in [2.05, 4.69) is 50.0 Å². The van der Waals surface area contributed by atoms with Gasteiger partial charge in [0.2, 0.25) is 0 Å². The summed E-state index contributed by atoms with van der Waals surface area (Å²) in [5.74, 6) is 5.51. The summed E-state index contributed by atoms with van der Waals surface area (Å²) in [6, 6.07) is 20.4. The highest BCUT2D eigenvalue weighted by molar-refractivity contribution is 6.99. The molecule has 4 atom stereocenters. The Morgan fingerprint density at radius 1 is 1.00 bits per heavy atom. The van der Waals surface area contributed by atoms with Gasteiger partial charge in [0.1, 0.15) is 18.3 Å². The molecule has 1 saturated heterocycles. The van der Waals surface area contributed by atoms with Crippen LogP contribution in [0.3, 0.4) is 0 Å². The van der Waals surface area contributed by atoms with Gasteiger partial charge in [0.25, 0.3) is 13.9 Å². The Balaban J connectivity index is 1.89. The number of rotatable bonds is 8. The van der Waals surface area contributed by atoms with Crippen LogP contribution >= 0.6 is 0 Å². The van der Waals surface area contributed by atoms with Crippen LogP contribution in [-0.4, -0.2) is 49.9 Å². The van der Waals surface area contributed by atoms with Crippen LogP contribution in [0.2, 0.25) is 5.04 Å². The van der Waals surface area contributed by atoms with Gasteiger partial charge in [-0.3, -0.25) is 14.3 Å². The molecule has 1 aliphatic rings. The fourth-order valence-electron chi connectivity index (χ4n) is 5.22. The first-order valence-corrected chi connectivity index (χ1v) is 14.2. The predicted molar refractivity (Wildman–Crippen MR) is 143 cm³/mol. The predicted octanol–water partition coefficient (Wildman–Crippen LogP) is 1.59. The van der Waals surface area contributed by atoms with Crippen LogP contribution in [0.4, 0.5) is 0 Å². The molecular formula is C27H35N3O6Si. The largest absolute Gasteiger partial charge is 0.399 e. The molecule has 0 unspecified atom stereocenters. The highest BCUT2D eigenvalue weighted by Gasteiger charge is 2.57. The number of hydrogen-bond donors (Lipinski definition) is 2. The molecule has 0 spiro atoms. The number of aromatic amines is 1. The third kappa shape index (κ3) is 5.00. The molecule has 1 fully saturated rings. The van der Waals surface area contributed by atoms with Gasteiger partial charge in [0.15, 0.2) is 6.23 Å².